The average molecular weight is 246 g/mol. The lowest BCUT2D eigenvalue weighted by atomic mass is 10.6. The molecule has 0 radical (unpaired) electrons. The number of halogens is 1. The van der Waals surface area contributed by atoms with Crippen LogP contribution in [0.4, 0.5) is 9.93 Å². The largest absolute Gasteiger partial charge is 0.360 e. The van der Waals surface area contributed by atoms with Crippen molar-refractivity contribution in [2.75, 3.05) is 18.4 Å². The van der Waals surface area contributed by atoms with Gasteiger partial charge >= 0.3 is 6.03 Å². The highest BCUT2D eigenvalue weighted by molar-refractivity contribution is 7.16. The average Bonchev–Trinajstić information content (AvgIpc) is 2.53. The van der Waals surface area contributed by atoms with Gasteiger partial charge in [-0.25, -0.2) is 9.78 Å². The summed E-state index contributed by atoms with van der Waals surface area (Å²) >= 11 is 6.81. The van der Waals surface area contributed by atoms with E-state index in [4.69, 9.17) is 22.6 Å². The van der Waals surface area contributed by atoms with Crippen LogP contribution in [0.5, 0.6) is 0 Å². The van der Waals surface area contributed by atoms with Crippen molar-refractivity contribution in [1.82, 2.24) is 10.3 Å². The van der Waals surface area contributed by atoms with Gasteiger partial charge in [-0.2, -0.15) is 5.26 Å². The lowest BCUT2D eigenvalue weighted by Crippen LogP contribution is -2.33. The molecule has 0 fully saturated rings. The lowest BCUT2D eigenvalue weighted by molar-refractivity contribution is 0.249. The zero-order valence-electron chi connectivity index (χ0n) is 7.58. The van der Waals surface area contributed by atoms with Gasteiger partial charge in [0.1, 0.15) is 10.9 Å². The molecule has 15 heavy (non-hydrogen) atoms. The van der Waals surface area contributed by atoms with Crippen LogP contribution in [0, 0.1) is 11.3 Å². The molecule has 0 saturated heterocycles. The summed E-state index contributed by atoms with van der Waals surface area (Å²) in [7, 11) is 0. The topological polar surface area (TPSA) is 104 Å². The standard InChI is InChI=1S/C7H8ClN5OS/c8-5-4(3-9)15-7(13-5)12-2-1-11-6(10)14/h1-2H2,(H,12,13)(H3,10,11,14). The number of nitrogens with one attached hydrogen (secondary N) is 2. The molecule has 0 atom stereocenters. The number of anilines is 1. The summed E-state index contributed by atoms with van der Waals surface area (Å²) in [6, 6.07) is 1.34. The number of nitrogens with zero attached hydrogens (tertiary/aromatic N) is 2. The van der Waals surface area contributed by atoms with Gasteiger partial charge in [-0.15, -0.1) is 0 Å². The molecule has 0 aromatic carbocycles. The minimum Gasteiger partial charge on any atom is -0.360 e. The first-order valence-electron chi connectivity index (χ1n) is 3.97. The first kappa shape index (κ1) is 11.6. The van der Waals surface area contributed by atoms with Crippen LogP contribution in [-0.4, -0.2) is 24.1 Å². The Morgan fingerprint density at radius 2 is 2.40 bits per heavy atom. The van der Waals surface area contributed by atoms with Crippen LogP contribution in [0.15, 0.2) is 0 Å². The Morgan fingerprint density at radius 1 is 1.67 bits per heavy atom. The van der Waals surface area contributed by atoms with E-state index in [1.54, 1.807) is 0 Å². The quantitative estimate of drug-likeness (QED) is 0.681. The minimum absolute atomic E-state index is 0.188. The maximum Gasteiger partial charge on any atom is 0.312 e. The van der Waals surface area contributed by atoms with Gasteiger partial charge in [-0.1, -0.05) is 22.9 Å². The van der Waals surface area contributed by atoms with Gasteiger partial charge < -0.3 is 16.4 Å². The summed E-state index contributed by atoms with van der Waals surface area (Å²) in [5.74, 6) is 0. The zero-order chi connectivity index (χ0) is 11.3. The molecule has 0 bridgehead atoms. The van der Waals surface area contributed by atoms with Crippen molar-refractivity contribution in [2.24, 2.45) is 5.73 Å². The zero-order valence-corrected chi connectivity index (χ0v) is 9.15. The van der Waals surface area contributed by atoms with E-state index >= 15 is 0 Å². The van der Waals surface area contributed by atoms with Crippen molar-refractivity contribution in [3.8, 4) is 6.07 Å². The van der Waals surface area contributed by atoms with Crippen LogP contribution >= 0.6 is 22.9 Å². The van der Waals surface area contributed by atoms with Crippen LogP contribution < -0.4 is 16.4 Å². The Labute approximate surface area is 95.0 Å². The summed E-state index contributed by atoms with van der Waals surface area (Å²) < 4.78 is 0. The van der Waals surface area contributed by atoms with E-state index in [9.17, 15) is 4.79 Å². The van der Waals surface area contributed by atoms with Gasteiger partial charge in [-0.05, 0) is 0 Å². The number of primary amides is 1. The van der Waals surface area contributed by atoms with Crippen molar-refractivity contribution < 1.29 is 4.79 Å². The van der Waals surface area contributed by atoms with Crippen molar-refractivity contribution in [3.05, 3.63) is 10.0 Å². The number of nitriles is 1. The van der Waals surface area contributed by atoms with Crippen molar-refractivity contribution in [1.29, 1.82) is 5.26 Å². The number of carbonyl (C=O) groups excluding carboxylic acids is 1. The highest BCUT2D eigenvalue weighted by atomic mass is 35.5. The third kappa shape index (κ3) is 3.61. The molecule has 1 rings (SSSR count). The number of hydrogen-bond donors (Lipinski definition) is 3. The third-order valence-electron chi connectivity index (χ3n) is 1.39. The molecule has 0 aliphatic heterocycles. The summed E-state index contributed by atoms with van der Waals surface area (Å²) in [5.41, 5.74) is 4.87. The molecule has 1 aromatic heterocycles. The number of amides is 2. The van der Waals surface area contributed by atoms with Gasteiger partial charge in [0.25, 0.3) is 0 Å². The molecule has 0 saturated carbocycles. The molecule has 1 aromatic rings. The van der Waals surface area contributed by atoms with Crippen LogP contribution in [0.1, 0.15) is 4.88 Å². The van der Waals surface area contributed by atoms with Gasteiger partial charge in [0.15, 0.2) is 10.3 Å². The first-order chi connectivity index (χ1) is 7.13. The maximum absolute atomic E-state index is 10.3. The Bertz CT molecular complexity index is 399. The molecular weight excluding hydrogens is 238 g/mol. The summed E-state index contributed by atoms with van der Waals surface area (Å²) in [6.45, 7) is 0.853. The minimum atomic E-state index is -0.577. The molecular formula is C7H8ClN5OS. The van der Waals surface area contributed by atoms with Gasteiger partial charge in [-0.3, -0.25) is 0 Å². The predicted octanol–water partition coefficient (Wildman–Crippen LogP) is 0.748. The smallest absolute Gasteiger partial charge is 0.312 e. The second-order valence-electron chi connectivity index (χ2n) is 2.47. The Hall–Kier alpha value is -1.52. The van der Waals surface area contributed by atoms with E-state index in [1.807, 2.05) is 6.07 Å². The number of hydrogen-bond acceptors (Lipinski definition) is 5. The number of nitrogens with two attached hydrogens (primary N) is 1. The van der Waals surface area contributed by atoms with Crippen LogP contribution in [0.2, 0.25) is 5.15 Å². The number of urea groups is 1. The van der Waals surface area contributed by atoms with Crippen LogP contribution in [0.25, 0.3) is 0 Å². The van der Waals surface area contributed by atoms with E-state index in [0.29, 0.717) is 23.1 Å². The molecule has 1 heterocycles. The summed E-state index contributed by atoms with van der Waals surface area (Å²) in [6.07, 6.45) is 0. The van der Waals surface area contributed by atoms with Gasteiger partial charge in [0.2, 0.25) is 0 Å². The number of thiazole rings is 1. The molecule has 0 aliphatic carbocycles. The molecule has 8 heteroatoms. The summed E-state index contributed by atoms with van der Waals surface area (Å²) in [4.78, 5) is 14.6. The van der Waals surface area contributed by atoms with E-state index in [0.717, 1.165) is 11.3 Å². The van der Waals surface area contributed by atoms with Crippen LogP contribution in [-0.2, 0) is 0 Å². The molecule has 6 nitrogen and oxygen atoms in total. The van der Waals surface area contributed by atoms with E-state index in [2.05, 4.69) is 15.6 Å². The SMILES string of the molecule is N#Cc1sc(NCCNC(N)=O)nc1Cl. The first-order valence-corrected chi connectivity index (χ1v) is 5.16. The highest BCUT2D eigenvalue weighted by Crippen LogP contribution is 2.25. The predicted molar refractivity (Wildman–Crippen MR) is 57.9 cm³/mol. The number of carbonyl (C=O) groups is 1. The third-order valence-corrected chi connectivity index (χ3v) is 2.69. The van der Waals surface area contributed by atoms with E-state index in [1.165, 1.54) is 0 Å². The fraction of sp³-hybridized carbons (Fsp3) is 0.286. The van der Waals surface area contributed by atoms with E-state index in [-0.39, 0.29) is 5.15 Å². The molecule has 2 amide bonds. The van der Waals surface area contributed by atoms with E-state index < -0.39 is 6.03 Å². The van der Waals surface area contributed by atoms with Crippen LogP contribution in [0.3, 0.4) is 0 Å². The number of rotatable bonds is 4. The highest BCUT2D eigenvalue weighted by Gasteiger charge is 2.07. The molecule has 4 N–H and O–H groups in total. The molecule has 80 valence electrons. The van der Waals surface area contributed by atoms with Crippen molar-refractivity contribution in [2.45, 2.75) is 0 Å². The maximum atomic E-state index is 10.3. The Morgan fingerprint density at radius 3 is 2.93 bits per heavy atom. The molecule has 0 aliphatic rings. The Kier molecular flexibility index (Phi) is 4.15. The second-order valence-corrected chi connectivity index (χ2v) is 3.83. The van der Waals surface area contributed by atoms with Gasteiger partial charge in [0.05, 0.1) is 0 Å². The monoisotopic (exact) mass is 245 g/mol. The summed E-state index contributed by atoms with van der Waals surface area (Å²) in [5, 5.41) is 14.6. The van der Waals surface area contributed by atoms with Gasteiger partial charge in [0, 0.05) is 13.1 Å². The number of aromatic nitrogens is 1. The fourth-order valence-corrected chi connectivity index (χ4v) is 1.77. The van der Waals surface area contributed by atoms with Crippen molar-refractivity contribution in [3.63, 3.8) is 0 Å². The molecule has 0 unspecified atom stereocenters. The fourth-order valence-electron chi connectivity index (χ4n) is 0.801. The Balaban J connectivity index is 2.38. The van der Waals surface area contributed by atoms with Crippen molar-refractivity contribution >= 4 is 34.1 Å². The second kappa shape index (κ2) is 5.38. The molecule has 0 spiro atoms. The lowest BCUT2D eigenvalue weighted by Gasteiger charge is -2.01. The normalized spacial score (nSPS) is 9.33.